The van der Waals surface area contributed by atoms with Crippen LogP contribution in [0.15, 0.2) is 12.0 Å². The molecule has 0 aromatic rings. The number of carbonyl (C=O) groups is 4. The van der Waals surface area contributed by atoms with Crippen molar-refractivity contribution in [2.24, 2.45) is 5.41 Å². The number of methoxy groups -OCH3 is 1. The Hall–Kier alpha value is -1.90. The molecule has 0 spiro atoms. The number of alkyl halides is 1. The van der Waals surface area contributed by atoms with Crippen molar-refractivity contribution in [3.63, 3.8) is 0 Å². The third-order valence-corrected chi connectivity index (χ3v) is 6.92. The number of amides is 2. The van der Waals surface area contributed by atoms with Gasteiger partial charge in [-0.05, 0) is 20.8 Å². The average molecular weight is 606 g/mol. The first-order chi connectivity index (χ1) is 17.9. The number of esters is 1. The van der Waals surface area contributed by atoms with Crippen LogP contribution in [-0.2, 0) is 42.3 Å². The summed E-state index contributed by atoms with van der Waals surface area (Å²) in [5.74, 6) is -2.42. The largest absolute Gasteiger partial charge is 0.462 e. The van der Waals surface area contributed by atoms with Gasteiger partial charge in [-0.15, -0.1) is 0 Å². The van der Waals surface area contributed by atoms with Crippen LogP contribution in [0.4, 0.5) is 8.78 Å². The number of hydrogen-bond acceptors (Lipinski definition) is 11. The normalized spacial score (nSPS) is 14.8. The van der Waals surface area contributed by atoms with E-state index in [4.69, 9.17) is 18.5 Å². The highest BCUT2D eigenvalue weighted by molar-refractivity contribution is 8.13. The molecule has 3 unspecified atom stereocenters. The molecule has 2 N–H and O–H groups in total. The van der Waals surface area contributed by atoms with E-state index in [1.54, 1.807) is 54.0 Å². The smallest absolute Gasteiger partial charge is 0.406 e. The molecule has 2 amide bonds. The van der Waals surface area contributed by atoms with Gasteiger partial charge in [0.25, 0.3) is 5.91 Å². The van der Waals surface area contributed by atoms with Crippen molar-refractivity contribution in [2.75, 3.05) is 46.8 Å². The molecule has 12 nitrogen and oxygen atoms in total. The SMILES string of the molecule is CN(C)/C=C(/F)C(=O)NC=O.COC(CF)COP(=O)(NC(C)C(=O)OC(C)C)OCCSC(=O)C(C)(C)C. The molecule has 228 valence electrons. The number of ether oxygens (including phenoxy) is 2. The molecule has 0 fully saturated rings. The van der Waals surface area contributed by atoms with E-state index in [0.29, 0.717) is 0 Å². The van der Waals surface area contributed by atoms with Crippen molar-refractivity contribution in [1.29, 1.82) is 0 Å². The number of nitrogens with zero attached hydrogens (tertiary/aromatic N) is 1. The Balaban J connectivity index is 0. The minimum absolute atomic E-state index is 0.0365. The number of halogens is 2. The maximum absolute atomic E-state index is 13.0. The van der Waals surface area contributed by atoms with Crippen LogP contribution in [0.1, 0.15) is 41.5 Å². The van der Waals surface area contributed by atoms with Gasteiger partial charge in [-0.3, -0.25) is 33.5 Å². The van der Waals surface area contributed by atoms with E-state index >= 15 is 0 Å². The van der Waals surface area contributed by atoms with E-state index in [1.165, 1.54) is 18.9 Å². The van der Waals surface area contributed by atoms with E-state index in [0.717, 1.165) is 18.0 Å². The Bertz CT molecular complexity index is 851. The predicted molar refractivity (Wildman–Crippen MR) is 144 cm³/mol. The fraction of sp³-hybridized carbons (Fsp3) is 0.739. The van der Waals surface area contributed by atoms with Crippen LogP contribution >= 0.6 is 19.5 Å². The molecule has 0 aliphatic heterocycles. The van der Waals surface area contributed by atoms with Crippen molar-refractivity contribution < 1.29 is 51.0 Å². The highest BCUT2D eigenvalue weighted by atomic mass is 32.2. The van der Waals surface area contributed by atoms with Gasteiger partial charge in [0.1, 0.15) is 18.8 Å². The van der Waals surface area contributed by atoms with Gasteiger partial charge in [0.05, 0.1) is 19.3 Å². The van der Waals surface area contributed by atoms with Gasteiger partial charge in [-0.2, -0.15) is 4.39 Å². The third kappa shape index (κ3) is 19.8. The number of thioether (sulfide) groups is 1. The van der Waals surface area contributed by atoms with E-state index in [-0.39, 0.29) is 36.6 Å². The minimum Gasteiger partial charge on any atom is -0.462 e. The first-order valence-electron chi connectivity index (χ1n) is 11.8. The first kappa shape index (κ1) is 39.2. The molecular weight excluding hydrogens is 563 g/mol. The summed E-state index contributed by atoms with van der Waals surface area (Å²) in [5.41, 5.74) is -0.509. The van der Waals surface area contributed by atoms with Crippen LogP contribution < -0.4 is 10.4 Å². The standard InChI is InChI=1S/C17H33FNO7PS.C6H9FN2O2/c1-12(2)26-15(20)13(3)19-27(22,25-11-14(10-18)23-7)24-8-9-28-16(21)17(4,5)6;1-9(2)3-5(7)6(11)8-4-10/h12-14H,8-11H2,1-7H3,(H,19,22);3-4H,1-2H3,(H,8,10,11)/b;5-3+. The Morgan fingerprint density at radius 1 is 1.13 bits per heavy atom. The van der Waals surface area contributed by atoms with Crippen LogP contribution in [0.5, 0.6) is 0 Å². The maximum Gasteiger partial charge on any atom is 0.406 e. The van der Waals surface area contributed by atoms with Gasteiger partial charge in [0, 0.05) is 38.6 Å². The van der Waals surface area contributed by atoms with Crippen molar-refractivity contribution >= 4 is 42.9 Å². The summed E-state index contributed by atoms with van der Waals surface area (Å²) in [6.07, 6.45) is -0.166. The second-order valence-corrected chi connectivity index (χ2v) is 12.2. The van der Waals surface area contributed by atoms with Crippen LogP contribution in [0, 0.1) is 5.41 Å². The topological polar surface area (TPSA) is 150 Å². The Morgan fingerprint density at radius 2 is 1.72 bits per heavy atom. The molecule has 0 aliphatic carbocycles. The molecule has 0 aromatic heterocycles. The quantitative estimate of drug-likeness (QED) is 0.0876. The molecule has 0 bridgehead atoms. The van der Waals surface area contributed by atoms with Crippen molar-refractivity contribution in [3.05, 3.63) is 12.0 Å². The fourth-order valence-electron chi connectivity index (χ4n) is 2.01. The lowest BCUT2D eigenvalue weighted by molar-refractivity contribution is -0.149. The van der Waals surface area contributed by atoms with E-state index in [1.807, 2.05) is 0 Å². The molecule has 0 aromatic carbocycles. The monoisotopic (exact) mass is 605 g/mol. The van der Waals surface area contributed by atoms with Crippen LogP contribution in [0.3, 0.4) is 0 Å². The highest BCUT2D eigenvalue weighted by Crippen LogP contribution is 2.44. The summed E-state index contributed by atoms with van der Waals surface area (Å²) in [4.78, 5) is 45.4. The molecule has 0 saturated heterocycles. The van der Waals surface area contributed by atoms with Gasteiger partial charge in [-0.25, -0.2) is 14.0 Å². The van der Waals surface area contributed by atoms with Crippen LogP contribution in [-0.4, -0.2) is 93.4 Å². The number of nitrogens with one attached hydrogen (secondary N) is 2. The second kappa shape index (κ2) is 20.0. The zero-order valence-corrected chi connectivity index (χ0v) is 25.7. The van der Waals surface area contributed by atoms with Gasteiger partial charge in [0.15, 0.2) is 5.12 Å². The van der Waals surface area contributed by atoms with E-state index in [9.17, 15) is 32.5 Å². The maximum atomic E-state index is 13.0. The second-order valence-electron chi connectivity index (χ2n) is 9.39. The summed E-state index contributed by atoms with van der Waals surface area (Å²) < 4.78 is 58.7. The van der Waals surface area contributed by atoms with Crippen molar-refractivity contribution in [2.45, 2.75) is 59.8 Å². The Labute approximate surface area is 233 Å². The third-order valence-electron chi connectivity index (χ3n) is 3.96. The predicted octanol–water partition coefficient (Wildman–Crippen LogP) is 2.98. The van der Waals surface area contributed by atoms with E-state index < -0.39 is 49.7 Å². The van der Waals surface area contributed by atoms with Crippen molar-refractivity contribution in [3.8, 4) is 0 Å². The van der Waals surface area contributed by atoms with Crippen LogP contribution in [0.25, 0.3) is 0 Å². The molecule has 0 rings (SSSR count). The van der Waals surface area contributed by atoms with Gasteiger partial charge < -0.3 is 14.4 Å². The summed E-state index contributed by atoms with van der Waals surface area (Å²) in [6, 6.07) is -0.983. The molecule has 0 heterocycles. The number of hydrogen-bond donors (Lipinski definition) is 2. The van der Waals surface area contributed by atoms with Crippen LogP contribution in [0.2, 0.25) is 0 Å². The average Bonchev–Trinajstić information content (AvgIpc) is 2.81. The molecule has 16 heteroatoms. The lowest BCUT2D eigenvalue weighted by Crippen LogP contribution is -2.36. The highest BCUT2D eigenvalue weighted by Gasteiger charge is 2.32. The van der Waals surface area contributed by atoms with Gasteiger partial charge >= 0.3 is 13.7 Å². The minimum atomic E-state index is -3.98. The summed E-state index contributed by atoms with van der Waals surface area (Å²) >= 11 is 1.05. The van der Waals surface area contributed by atoms with Gasteiger partial charge in [-0.1, -0.05) is 32.5 Å². The molecular formula is C23H42F2N3O9PS. The lowest BCUT2D eigenvalue weighted by atomic mass is 10.00. The summed E-state index contributed by atoms with van der Waals surface area (Å²) in [6.45, 7) is 8.96. The van der Waals surface area contributed by atoms with Crippen molar-refractivity contribution in [1.82, 2.24) is 15.3 Å². The first-order valence-corrected chi connectivity index (χ1v) is 14.4. The molecule has 0 saturated carbocycles. The molecule has 39 heavy (non-hydrogen) atoms. The molecule has 0 aliphatic rings. The fourth-order valence-corrected chi connectivity index (χ4v) is 4.42. The number of imide groups is 1. The zero-order valence-electron chi connectivity index (χ0n) is 23.9. The Kier molecular flexibility index (Phi) is 20.2. The molecule has 3 atom stereocenters. The number of rotatable bonds is 16. The number of carbonyl (C=O) groups excluding carboxylic acids is 4. The summed E-state index contributed by atoms with van der Waals surface area (Å²) in [5, 5.41) is 4.11. The Morgan fingerprint density at radius 3 is 2.15 bits per heavy atom. The molecule has 0 radical (unpaired) electrons. The summed E-state index contributed by atoms with van der Waals surface area (Å²) in [7, 11) is 0.447. The van der Waals surface area contributed by atoms with E-state index in [2.05, 4.69) is 5.09 Å². The van der Waals surface area contributed by atoms with Gasteiger partial charge in [0.2, 0.25) is 12.2 Å². The lowest BCUT2D eigenvalue weighted by Gasteiger charge is -2.24. The zero-order chi connectivity index (χ0) is 30.8.